The van der Waals surface area contributed by atoms with Gasteiger partial charge in [-0.05, 0) is 0 Å². The number of hydrogen-bond donors (Lipinski definition) is 1. The van der Waals surface area contributed by atoms with Crippen LogP contribution in [0.5, 0.6) is 0 Å². The van der Waals surface area contributed by atoms with E-state index >= 15 is 0 Å². The Bertz CT molecular complexity index is 122. The molecule has 0 aliphatic rings. The van der Waals surface area contributed by atoms with Gasteiger partial charge >= 0.3 is 5.97 Å². The second kappa shape index (κ2) is 10.4. The third-order valence-electron chi connectivity index (χ3n) is 0.326. The zero-order valence-corrected chi connectivity index (χ0v) is 5.32. The Morgan fingerprint density at radius 2 is 1.90 bits per heavy atom. The number of aliphatic carboxylic acids is 1. The van der Waals surface area contributed by atoms with Crippen molar-refractivity contribution >= 4 is 12.4 Å². The molecule has 1 N–H and O–H groups in total. The van der Waals surface area contributed by atoms with Crippen molar-refractivity contribution in [1.82, 2.24) is 0 Å². The molecule has 0 aliphatic carbocycles. The van der Waals surface area contributed by atoms with Crippen LogP contribution in [0.2, 0.25) is 0 Å². The maximum Gasteiger partial charge on any atom is 0.327 e. The van der Waals surface area contributed by atoms with Gasteiger partial charge in [0.05, 0.1) is 6.26 Å². The van der Waals surface area contributed by atoms with Crippen molar-refractivity contribution in [2.45, 2.75) is 0 Å². The molecule has 0 bridgehead atoms. The number of carbonyl (C=O) groups is 2. The van der Waals surface area contributed by atoms with Crippen LogP contribution in [0.1, 0.15) is 0 Å². The van der Waals surface area contributed by atoms with Crippen molar-refractivity contribution < 1.29 is 19.4 Å². The van der Waals surface area contributed by atoms with Crippen LogP contribution >= 0.6 is 0 Å². The van der Waals surface area contributed by atoms with Gasteiger partial charge in [-0.1, -0.05) is 13.2 Å². The number of rotatable bonds is 3. The standard InChI is InChI=1S/2C3H4O2/c1-2-5-3-4;1-2-3(4)5/h2-3H,1H2;2H,1H2,(H,4,5). The molecule has 0 heterocycles. The van der Waals surface area contributed by atoms with Crippen LogP contribution in [-0.4, -0.2) is 17.5 Å². The Kier molecular flexibility index (Phi) is 11.7. The van der Waals surface area contributed by atoms with Gasteiger partial charge in [-0.3, -0.25) is 4.79 Å². The molecule has 0 rings (SSSR count). The maximum atomic E-state index is 9.25. The van der Waals surface area contributed by atoms with Crippen molar-refractivity contribution in [2.75, 3.05) is 0 Å². The Labute approximate surface area is 58.4 Å². The lowest BCUT2D eigenvalue weighted by Gasteiger charge is -1.71. The van der Waals surface area contributed by atoms with Crippen LogP contribution in [0.4, 0.5) is 0 Å². The highest BCUT2D eigenvalue weighted by molar-refractivity contribution is 5.78. The molecule has 0 saturated heterocycles. The molecule has 0 amide bonds. The predicted octanol–water partition coefficient (Wildman–Crippen LogP) is 0.560. The van der Waals surface area contributed by atoms with Gasteiger partial charge in [0, 0.05) is 6.08 Å². The summed E-state index contributed by atoms with van der Waals surface area (Å²) in [4.78, 5) is 18.4. The molecule has 10 heavy (non-hydrogen) atoms. The van der Waals surface area contributed by atoms with Crippen LogP contribution in [0.25, 0.3) is 0 Å². The molecule has 0 fully saturated rings. The second-order valence-electron chi connectivity index (χ2n) is 0.941. The molecular formula is C6H8O4. The monoisotopic (exact) mass is 144 g/mol. The van der Waals surface area contributed by atoms with E-state index in [0.717, 1.165) is 12.3 Å². The number of ether oxygens (including phenoxy) is 1. The van der Waals surface area contributed by atoms with E-state index in [9.17, 15) is 4.79 Å². The van der Waals surface area contributed by atoms with E-state index in [0.29, 0.717) is 6.47 Å². The fraction of sp³-hybridized carbons (Fsp3) is 0. The van der Waals surface area contributed by atoms with Crippen LogP contribution in [0, 0.1) is 0 Å². The number of hydrogen-bond acceptors (Lipinski definition) is 3. The summed E-state index contributed by atoms with van der Waals surface area (Å²) in [5.74, 6) is -0.981. The van der Waals surface area contributed by atoms with Crippen LogP contribution < -0.4 is 0 Å². The first-order valence-corrected chi connectivity index (χ1v) is 2.24. The molecule has 0 aliphatic heterocycles. The predicted molar refractivity (Wildman–Crippen MR) is 35.2 cm³/mol. The lowest BCUT2D eigenvalue weighted by Crippen LogP contribution is -1.82. The topological polar surface area (TPSA) is 63.6 Å². The normalized spacial score (nSPS) is 6.00. The molecule has 56 valence electrons. The molecule has 0 aromatic rings. The van der Waals surface area contributed by atoms with Gasteiger partial charge in [-0.2, -0.15) is 0 Å². The molecule has 0 aromatic heterocycles. The van der Waals surface area contributed by atoms with E-state index in [1.54, 1.807) is 0 Å². The first-order chi connectivity index (χ1) is 4.68. The highest BCUT2D eigenvalue weighted by Gasteiger charge is 1.73. The average Bonchev–Trinajstić information content (AvgIpc) is 1.91. The molecule has 4 heteroatoms. The third-order valence-corrected chi connectivity index (χ3v) is 0.326. The molecule has 0 radical (unpaired) electrons. The molecular weight excluding hydrogens is 136 g/mol. The van der Waals surface area contributed by atoms with Gasteiger partial charge in [0.15, 0.2) is 0 Å². The summed E-state index contributed by atoms with van der Waals surface area (Å²) in [6, 6.07) is 0. The summed E-state index contributed by atoms with van der Waals surface area (Å²) in [7, 11) is 0. The van der Waals surface area contributed by atoms with Gasteiger partial charge in [0.25, 0.3) is 6.47 Å². The smallest absolute Gasteiger partial charge is 0.327 e. The van der Waals surface area contributed by atoms with Crippen molar-refractivity contribution in [1.29, 1.82) is 0 Å². The number of carboxylic acid groups (broad SMARTS) is 1. The van der Waals surface area contributed by atoms with Gasteiger partial charge in [-0.25, -0.2) is 4.79 Å². The minimum atomic E-state index is -0.981. The Balaban J connectivity index is 0. The summed E-state index contributed by atoms with van der Waals surface area (Å²) < 4.78 is 3.92. The first kappa shape index (κ1) is 11.2. The SMILES string of the molecule is C=CC(=O)O.C=COC=O. The zero-order valence-electron chi connectivity index (χ0n) is 5.32. The van der Waals surface area contributed by atoms with Gasteiger partial charge in [0.1, 0.15) is 0 Å². The summed E-state index contributed by atoms with van der Waals surface area (Å²) in [6.45, 7) is 6.37. The number of carbonyl (C=O) groups excluding carboxylic acids is 1. The highest BCUT2D eigenvalue weighted by Crippen LogP contribution is 1.55. The largest absolute Gasteiger partial charge is 0.478 e. The summed E-state index contributed by atoms with van der Waals surface area (Å²) in [5.41, 5.74) is 0. The lowest BCUT2D eigenvalue weighted by atomic mass is 10.7. The minimum Gasteiger partial charge on any atom is -0.478 e. The van der Waals surface area contributed by atoms with Crippen molar-refractivity contribution in [3.05, 3.63) is 25.5 Å². The molecule has 4 nitrogen and oxygen atoms in total. The van der Waals surface area contributed by atoms with E-state index in [1.807, 2.05) is 0 Å². The Hall–Kier alpha value is -1.58. The Morgan fingerprint density at radius 3 is 1.90 bits per heavy atom. The highest BCUT2D eigenvalue weighted by atomic mass is 16.5. The fourth-order valence-electron chi connectivity index (χ4n) is 0.0393. The van der Waals surface area contributed by atoms with E-state index in [2.05, 4.69) is 17.9 Å². The van der Waals surface area contributed by atoms with Crippen molar-refractivity contribution in [3.63, 3.8) is 0 Å². The molecule has 0 unspecified atom stereocenters. The molecule has 0 saturated carbocycles. The van der Waals surface area contributed by atoms with Gasteiger partial charge < -0.3 is 9.84 Å². The van der Waals surface area contributed by atoms with Crippen molar-refractivity contribution in [2.24, 2.45) is 0 Å². The van der Waals surface area contributed by atoms with Crippen LogP contribution in [0.3, 0.4) is 0 Å². The maximum absolute atomic E-state index is 9.25. The van der Waals surface area contributed by atoms with Gasteiger partial charge in [0.2, 0.25) is 0 Å². The van der Waals surface area contributed by atoms with Crippen LogP contribution in [-0.2, 0) is 14.3 Å². The van der Waals surface area contributed by atoms with E-state index in [1.165, 1.54) is 0 Å². The molecule has 0 aromatic carbocycles. The van der Waals surface area contributed by atoms with Crippen LogP contribution in [0.15, 0.2) is 25.5 Å². The summed E-state index contributed by atoms with van der Waals surface area (Å²) in [6.07, 6.45) is 1.90. The van der Waals surface area contributed by atoms with Gasteiger partial charge in [-0.15, -0.1) is 0 Å². The van der Waals surface area contributed by atoms with E-state index in [4.69, 9.17) is 9.90 Å². The van der Waals surface area contributed by atoms with E-state index < -0.39 is 5.97 Å². The van der Waals surface area contributed by atoms with E-state index in [-0.39, 0.29) is 0 Å². The Morgan fingerprint density at radius 1 is 1.50 bits per heavy atom. The van der Waals surface area contributed by atoms with Crippen molar-refractivity contribution in [3.8, 4) is 0 Å². The zero-order chi connectivity index (χ0) is 8.41. The molecule has 0 spiro atoms. The first-order valence-electron chi connectivity index (χ1n) is 2.24. The average molecular weight is 144 g/mol. The fourth-order valence-corrected chi connectivity index (χ4v) is 0.0393. The minimum absolute atomic E-state index is 0.312. The summed E-state index contributed by atoms with van der Waals surface area (Å²) in [5, 5.41) is 7.60. The third kappa shape index (κ3) is 32.2. The molecule has 0 atom stereocenters. The number of carboxylic acids is 1. The second-order valence-corrected chi connectivity index (χ2v) is 0.941. The lowest BCUT2D eigenvalue weighted by molar-refractivity contribution is -0.131. The quantitative estimate of drug-likeness (QED) is 0.357. The summed E-state index contributed by atoms with van der Waals surface area (Å²) >= 11 is 0.